The Kier molecular flexibility index (Phi) is 7.25. The smallest absolute Gasteiger partial charge is 0.241 e. The van der Waals surface area contributed by atoms with Crippen molar-refractivity contribution in [2.45, 2.75) is 44.6 Å². The van der Waals surface area contributed by atoms with Crippen LogP contribution in [0.1, 0.15) is 41.6 Å². The van der Waals surface area contributed by atoms with Gasteiger partial charge in [-0.2, -0.15) is 0 Å². The van der Waals surface area contributed by atoms with Crippen LogP contribution in [0.5, 0.6) is 0 Å². The molecule has 1 amide bonds. The molecule has 0 bridgehead atoms. The van der Waals surface area contributed by atoms with E-state index >= 15 is 0 Å². The van der Waals surface area contributed by atoms with Crippen molar-refractivity contribution in [3.63, 3.8) is 0 Å². The number of hydrogen-bond donors (Lipinski definition) is 2. The summed E-state index contributed by atoms with van der Waals surface area (Å²) in [5.41, 5.74) is 4.74. The van der Waals surface area contributed by atoms with Crippen LogP contribution >= 0.6 is 0 Å². The summed E-state index contributed by atoms with van der Waals surface area (Å²) < 4.78 is 28.1. The average Bonchev–Trinajstić information content (AvgIpc) is 2.75. The van der Waals surface area contributed by atoms with E-state index < -0.39 is 10.0 Å². The Morgan fingerprint density at radius 1 is 0.935 bits per heavy atom. The van der Waals surface area contributed by atoms with E-state index in [1.165, 1.54) is 0 Å². The van der Waals surface area contributed by atoms with Crippen LogP contribution in [0.15, 0.2) is 77.7 Å². The van der Waals surface area contributed by atoms with E-state index in [-0.39, 0.29) is 16.8 Å². The van der Waals surface area contributed by atoms with Crippen LogP contribution in [-0.4, -0.2) is 14.3 Å². The lowest BCUT2D eigenvalue weighted by molar-refractivity contribution is -0.116. The fourth-order valence-corrected chi connectivity index (χ4v) is 4.52. The summed E-state index contributed by atoms with van der Waals surface area (Å²) in [6, 6.07) is 21.7. The summed E-state index contributed by atoms with van der Waals surface area (Å²) in [4.78, 5) is 12.5. The van der Waals surface area contributed by atoms with Gasteiger partial charge in [0.1, 0.15) is 0 Å². The molecule has 0 radical (unpaired) electrons. The molecule has 2 N–H and O–H groups in total. The minimum atomic E-state index is -3.63. The maximum atomic E-state index is 12.7. The molecule has 0 heterocycles. The van der Waals surface area contributed by atoms with Gasteiger partial charge in [0.15, 0.2) is 0 Å². The predicted molar refractivity (Wildman–Crippen MR) is 124 cm³/mol. The van der Waals surface area contributed by atoms with Gasteiger partial charge in [0.2, 0.25) is 15.9 Å². The van der Waals surface area contributed by atoms with E-state index in [9.17, 15) is 13.2 Å². The molecule has 162 valence electrons. The van der Waals surface area contributed by atoms with E-state index in [4.69, 9.17) is 0 Å². The predicted octanol–water partition coefficient (Wildman–Crippen LogP) is 4.91. The first kappa shape index (κ1) is 22.7. The molecular weight excluding hydrogens is 408 g/mol. The molecular formula is C25H28N2O3S. The van der Waals surface area contributed by atoms with Gasteiger partial charge in [-0.05, 0) is 67.6 Å². The number of benzene rings is 3. The molecule has 3 aromatic rings. The van der Waals surface area contributed by atoms with Crippen LogP contribution in [-0.2, 0) is 21.2 Å². The minimum absolute atomic E-state index is 0.0660. The van der Waals surface area contributed by atoms with Crippen LogP contribution in [0.4, 0.5) is 5.69 Å². The lowest BCUT2D eigenvalue weighted by Crippen LogP contribution is -2.26. The van der Waals surface area contributed by atoms with Gasteiger partial charge in [-0.15, -0.1) is 0 Å². The van der Waals surface area contributed by atoms with Crippen LogP contribution in [0.2, 0.25) is 0 Å². The number of carbonyl (C=O) groups is 1. The SMILES string of the molecule is Cc1ccc(C)c(NC(=O)CCc2ccc(S(=O)(=O)N[C@H](C)c3ccccc3)cc2)c1. The number of anilines is 1. The maximum absolute atomic E-state index is 12.7. The summed E-state index contributed by atoms with van der Waals surface area (Å²) in [6.07, 6.45) is 0.855. The molecule has 0 aromatic heterocycles. The van der Waals surface area contributed by atoms with Crippen molar-refractivity contribution in [3.8, 4) is 0 Å². The minimum Gasteiger partial charge on any atom is -0.326 e. The molecule has 3 rings (SSSR count). The third-order valence-electron chi connectivity index (χ3n) is 5.17. The lowest BCUT2D eigenvalue weighted by Gasteiger charge is -2.15. The zero-order valence-corrected chi connectivity index (χ0v) is 18.9. The van der Waals surface area contributed by atoms with E-state index in [1.807, 2.05) is 69.3 Å². The molecule has 0 aliphatic heterocycles. The fraction of sp³-hybridized carbons (Fsp3) is 0.240. The van der Waals surface area contributed by atoms with Gasteiger partial charge in [0, 0.05) is 18.2 Å². The third kappa shape index (κ3) is 6.26. The van der Waals surface area contributed by atoms with Gasteiger partial charge in [0.25, 0.3) is 0 Å². The Bertz CT molecular complexity index is 1140. The molecule has 6 heteroatoms. The van der Waals surface area contributed by atoms with Crippen LogP contribution < -0.4 is 10.0 Å². The van der Waals surface area contributed by atoms with Crippen LogP contribution in [0, 0.1) is 13.8 Å². The van der Waals surface area contributed by atoms with E-state index in [0.29, 0.717) is 12.8 Å². The summed E-state index contributed by atoms with van der Waals surface area (Å²) in [5.74, 6) is -0.0660. The summed E-state index contributed by atoms with van der Waals surface area (Å²) in [7, 11) is -3.63. The molecule has 0 unspecified atom stereocenters. The Labute approximate surface area is 184 Å². The highest BCUT2D eigenvalue weighted by Crippen LogP contribution is 2.19. The second-order valence-corrected chi connectivity index (χ2v) is 9.48. The average molecular weight is 437 g/mol. The molecule has 0 saturated heterocycles. The van der Waals surface area contributed by atoms with Crippen molar-refractivity contribution < 1.29 is 13.2 Å². The zero-order chi connectivity index (χ0) is 22.4. The highest BCUT2D eigenvalue weighted by atomic mass is 32.2. The number of rotatable bonds is 8. The molecule has 3 aromatic carbocycles. The zero-order valence-electron chi connectivity index (χ0n) is 18.1. The first-order chi connectivity index (χ1) is 14.7. The highest BCUT2D eigenvalue weighted by molar-refractivity contribution is 7.89. The highest BCUT2D eigenvalue weighted by Gasteiger charge is 2.18. The molecule has 5 nitrogen and oxygen atoms in total. The van der Waals surface area contributed by atoms with E-state index in [2.05, 4.69) is 10.0 Å². The van der Waals surface area contributed by atoms with Crippen molar-refractivity contribution in [3.05, 3.63) is 95.1 Å². The summed E-state index contributed by atoms with van der Waals surface area (Å²) >= 11 is 0. The van der Waals surface area contributed by atoms with Crippen molar-refractivity contribution in [2.75, 3.05) is 5.32 Å². The Morgan fingerprint density at radius 3 is 2.29 bits per heavy atom. The number of nitrogens with one attached hydrogen (secondary N) is 2. The number of carbonyl (C=O) groups excluding carboxylic acids is 1. The van der Waals surface area contributed by atoms with Gasteiger partial charge in [-0.1, -0.05) is 54.6 Å². The van der Waals surface area contributed by atoms with Crippen LogP contribution in [0.3, 0.4) is 0 Å². The van der Waals surface area contributed by atoms with Gasteiger partial charge < -0.3 is 5.32 Å². The molecule has 0 aliphatic carbocycles. The van der Waals surface area contributed by atoms with Crippen LogP contribution in [0.25, 0.3) is 0 Å². The second-order valence-electron chi connectivity index (χ2n) is 7.76. The Balaban J connectivity index is 1.58. The topological polar surface area (TPSA) is 75.3 Å². The first-order valence-electron chi connectivity index (χ1n) is 10.3. The van der Waals surface area contributed by atoms with Gasteiger partial charge in [0.05, 0.1) is 4.90 Å². The lowest BCUT2D eigenvalue weighted by atomic mass is 10.1. The molecule has 0 saturated carbocycles. The molecule has 31 heavy (non-hydrogen) atoms. The standard InChI is InChI=1S/C25H28N2O3S/c1-18-9-10-19(2)24(17-18)26-25(28)16-13-21-11-14-23(15-12-21)31(29,30)27-20(3)22-7-5-4-6-8-22/h4-12,14-15,17,20,27H,13,16H2,1-3H3,(H,26,28)/t20-/m1/s1. The monoisotopic (exact) mass is 436 g/mol. The molecule has 0 aliphatic rings. The quantitative estimate of drug-likeness (QED) is 0.527. The molecule has 1 atom stereocenters. The van der Waals surface area contributed by atoms with Gasteiger partial charge in [-0.3, -0.25) is 4.79 Å². The van der Waals surface area contributed by atoms with Crippen molar-refractivity contribution in [1.82, 2.24) is 4.72 Å². The first-order valence-corrected chi connectivity index (χ1v) is 11.8. The maximum Gasteiger partial charge on any atom is 0.241 e. The largest absolute Gasteiger partial charge is 0.326 e. The molecule has 0 spiro atoms. The van der Waals surface area contributed by atoms with Crippen molar-refractivity contribution >= 4 is 21.6 Å². The van der Waals surface area contributed by atoms with Crippen molar-refractivity contribution in [2.24, 2.45) is 0 Å². The fourth-order valence-electron chi connectivity index (χ4n) is 3.29. The summed E-state index contributed by atoms with van der Waals surface area (Å²) in [5, 5.41) is 2.95. The van der Waals surface area contributed by atoms with E-state index in [1.54, 1.807) is 24.3 Å². The van der Waals surface area contributed by atoms with Gasteiger partial charge in [-0.25, -0.2) is 13.1 Å². The Hall–Kier alpha value is -2.96. The normalized spacial score (nSPS) is 12.4. The van der Waals surface area contributed by atoms with E-state index in [0.717, 1.165) is 27.9 Å². The number of sulfonamides is 1. The van der Waals surface area contributed by atoms with Gasteiger partial charge >= 0.3 is 0 Å². The number of aryl methyl sites for hydroxylation is 3. The second kappa shape index (κ2) is 9.90. The number of hydrogen-bond acceptors (Lipinski definition) is 3. The van der Waals surface area contributed by atoms with Crippen molar-refractivity contribution in [1.29, 1.82) is 0 Å². The summed E-state index contributed by atoms with van der Waals surface area (Å²) in [6.45, 7) is 5.76. The Morgan fingerprint density at radius 2 is 1.61 bits per heavy atom. The number of amides is 1. The third-order valence-corrected chi connectivity index (χ3v) is 6.73. The molecule has 0 fully saturated rings.